The van der Waals surface area contributed by atoms with Gasteiger partial charge in [-0.05, 0) is 6.92 Å². The molecule has 0 aromatic rings. The van der Waals surface area contributed by atoms with Crippen molar-refractivity contribution in [2.45, 2.75) is 6.92 Å². The summed E-state index contributed by atoms with van der Waals surface area (Å²) in [6.07, 6.45) is 0. The van der Waals surface area contributed by atoms with Gasteiger partial charge in [0.1, 0.15) is 0 Å². The van der Waals surface area contributed by atoms with Crippen molar-refractivity contribution in [2.75, 3.05) is 6.61 Å². The molecule has 0 unspecified atom stereocenters. The number of nitrogens with zero attached hydrogens (tertiary/aromatic N) is 1. The van der Waals surface area contributed by atoms with E-state index in [0.717, 1.165) is 0 Å². The van der Waals surface area contributed by atoms with Crippen LogP contribution in [0.5, 0.6) is 0 Å². The van der Waals surface area contributed by atoms with E-state index in [1.807, 2.05) is 0.164 Å². The van der Waals surface area contributed by atoms with Gasteiger partial charge >= 0.3 is 54.4 Å². The molecule has 0 aliphatic carbocycles. The van der Waals surface area contributed by atoms with Crippen LogP contribution in [0.25, 0.3) is 0 Å². The molecular formula is C3H6KNO. The molecule has 0 bridgehead atoms. The summed E-state index contributed by atoms with van der Waals surface area (Å²) in [7, 11) is 0. The van der Waals surface area contributed by atoms with E-state index in [0.29, 0.717) is 49.0 Å². The Morgan fingerprint density at radius 1 is 2.00 bits per heavy atom. The fourth-order valence-corrected chi connectivity index (χ4v) is 0. The monoisotopic (exact) mass is 111 g/mol. The van der Waals surface area contributed by atoms with Crippen LogP contribution in [0, 0.1) is 5.43 Å². The van der Waals surface area contributed by atoms with Gasteiger partial charge in [-0.15, -0.1) is 0 Å². The van der Waals surface area contributed by atoms with Crippen molar-refractivity contribution < 1.29 is 5.11 Å². The van der Waals surface area contributed by atoms with Crippen molar-refractivity contribution in [1.82, 2.24) is 0 Å². The SMILES string of the molecule is CCO.N#[C][K]. The van der Waals surface area contributed by atoms with Gasteiger partial charge in [0.25, 0.3) is 0 Å². The predicted molar refractivity (Wildman–Crippen MR) is 24.1 cm³/mol. The molecule has 0 amide bonds. The molecule has 1 N–H and O–H groups in total. The summed E-state index contributed by atoms with van der Waals surface area (Å²) in [5.41, 5.74) is 0. The maximum absolute atomic E-state index is 7.57. The molecule has 0 aliphatic rings. The maximum atomic E-state index is 7.57. The Balaban J connectivity index is 0. The first-order valence-corrected chi connectivity index (χ1v) is 3.31. The number of hydrogen-bond donors (Lipinski definition) is 1. The summed E-state index contributed by atoms with van der Waals surface area (Å²) in [4.78, 5) is 0. The van der Waals surface area contributed by atoms with Crippen molar-refractivity contribution in [2.24, 2.45) is 0 Å². The Kier molecular flexibility index (Phi) is 28.0. The van der Waals surface area contributed by atoms with Crippen molar-refractivity contribution in [1.29, 1.82) is 5.26 Å². The van der Waals surface area contributed by atoms with Crippen LogP contribution in [-0.2, 0) is 0 Å². The fraction of sp³-hybridized carbons (Fsp3) is 0.667. The second-order valence-corrected chi connectivity index (χ2v) is 1.24. The molecular weight excluding hydrogens is 105 g/mol. The average molecular weight is 111 g/mol. The normalized spacial score (nSPS) is 4.50. The first kappa shape index (κ1) is 10.1. The van der Waals surface area contributed by atoms with Gasteiger partial charge in [0.15, 0.2) is 0 Å². The molecule has 0 rings (SSSR count). The molecule has 0 saturated carbocycles. The van der Waals surface area contributed by atoms with Crippen LogP contribution in [0.15, 0.2) is 0 Å². The molecule has 0 spiro atoms. The third-order valence-electron chi connectivity index (χ3n) is 0. The second-order valence-electron chi connectivity index (χ2n) is 0.540. The average Bonchev–Trinajstić information content (AvgIpc) is 1.39. The standard InChI is InChI=1S/C2H6O.CN.K/c1-2-3;1-2;/h3H,2H2,1H3;;. The van der Waals surface area contributed by atoms with Gasteiger partial charge in [-0.1, -0.05) is 0 Å². The van der Waals surface area contributed by atoms with Crippen LogP contribution in [-0.4, -0.2) is 60.7 Å². The number of rotatable bonds is 0. The molecule has 0 aromatic heterocycles. The molecule has 0 saturated heterocycles. The van der Waals surface area contributed by atoms with E-state index in [9.17, 15) is 0 Å². The van der Waals surface area contributed by atoms with E-state index in [2.05, 4.69) is 0 Å². The van der Waals surface area contributed by atoms with Crippen molar-refractivity contribution in [3.05, 3.63) is 0 Å². The molecule has 0 aliphatic heterocycles. The Hall–Kier alpha value is 1.09. The van der Waals surface area contributed by atoms with E-state index >= 15 is 0 Å². The number of aliphatic hydroxyl groups excluding tert-OH is 1. The zero-order valence-corrected chi connectivity index (χ0v) is 7.22. The molecule has 0 heterocycles. The third kappa shape index (κ3) is 72.0. The molecule has 6 heavy (non-hydrogen) atoms. The molecule has 0 fully saturated rings. The first-order chi connectivity index (χ1) is 2.83. The van der Waals surface area contributed by atoms with E-state index in [1.54, 1.807) is 6.92 Å². The van der Waals surface area contributed by atoms with E-state index in [4.69, 9.17) is 10.4 Å². The molecule has 0 atom stereocenters. The molecule has 30 valence electrons. The van der Waals surface area contributed by atoms with Crippen LogP contribution in [0.2, 0.25) is 0 Å². The Bertz CT molecular complexity index is 40.5. The summed E-state index contributed by atoms with van der Waals surface area (Å²) < 4.78 is 1.94. The van der Waals surface area contributed by atoms with Gasteiger partial charge in [-0.25, -0.2) is 0 Å². The van der Waals surface area contributed by atoms with Crippen molar-refractivity contribution in [3.63, 3.8) is 0 Å². The van der Waals surface area contributed by atoms with Crippen LogP contribution < -0.4 is 0 Å². The Morgan fingerprint density at radius 2 is 2.00 bits per heavy atom. The third-order valence-corrected chi connectivity index (χ3v) is 0. The second kappa shape index (κ2) is 16.5. The summed E-state index contributed by atoms with van der Waals surface area (Å²) in [5, 5.41) is 15.0. The Labute approximate surface area is 71.7 Å². The van der Waals surface area contributed by atoms with Gasteiger partial charge < -0.3 is 5.11 Å². The molecule has 0 radical (unpaired) electrons. The summed E-state index contributed by atoms with van der Waals surface area (Å²) in [5.74, 6) is 0. The quantitative estimate of drug-likeness (QED) is 0.434. The first-order valence-electron chi connectivity index (χ1n) is 1.75. The topological polar surface area (TPSA) is 44.0 Å². The van der Waals surface area contributed by atoms with Gasteiger partial charge in [0.05, 0.1) is 0 Å². The van der Waals surface area contributed by atoms with Gasteiger partial charge in [0.2, 0.25) is 0 Å². The summed E-state index contributed by atoms with van der Waals surface area (Å²) in [6, 6.07) is 0. The van der Waals surface area contributed by atoms with Gasteiger partial charge in [-0.3, -0.25) is 0 Å². The molecule has 3 heteroatoms. The van der Waals surface area contributed by atoms with Crippen LogP contribution in [0.1, 0.15) is 6.92 Å². The number of aliphatic hydroxyl groups is 1. The number of hydrogen-bond acceptors (Lipinski definition) is 2. The van der Waals surface area contributed by atoms with E-state index in [-0.39, 0.29) is 6.61 Å². The van der Waals surface area contributed by atoms with Crippen molar-refractivity contribution in [3.8, 4) is 0.164 Å². The van der Waals surface area contributed by atoms with Crippen molar-refractivity contribution >= 4 is 49.0 Å². The van der Waals surface area contributed by atoms with Gasteiger partial charge in [0, 0.05) is 6.61 Å². The van der Waals surface area contributed by atoms with Crippen LogP contribution in [0.3, 0.4) is 0 Å². The molecule has 0 aromatic carbocycles. The van der Waals surface area contributed by atoms with Gasteiger partial charge in [-0.2, -0.15) is 0 Å². The van der Waals surface area contributed by atoms with Crippen LogP contribution in [0.4, 0.5) is 0 Å². The summed E-state index contributed by atoms with van der Waals surface area (Å²) >= 11 is 0.410. The number of nitriles is 1. The van der Waals surface area contributed by atoms with E-state index in [1.165, 1.54) is 0 Å². The van der Waals surface area contributed by atoms with E-state index < -0.39 is 0 Å². The Morgan fingerprint density at radius 3 is 2.00 bits per heavy atom. The summed E-state index contributed by atoms with van der Waals surface area (Å²) in [6.45, 7) is 1.93. The predicted octanol–water partition coefficient (Wildman–Crippen LogP) is -0.365. The minimum absolute atomic E-state index is 0.250. The fourth-order valence-electron chi connectivity index (χ4n) is 0. The van der Waals surface area contributed by atoms with Crippen LogP contribution >= 0.6 is 0 Å². The zero-order valence-electron chi connectivity index (χ0n) is 4.10. The minimum atomic E-state index is 0.250. The molecule has 2 nitrogen and oxygen atoms in total. The zero-order chi connectivity index (χ0) is 5.41.